The van der Waals surface area contributed by atoms with Crippen molar-refractivity contribution < 1.29 is 18.3 Å². The Balaban J connectivity index is 2.60. The van der Waals surface area contributed by atoms with Gasteiger partial charge in [0.15, 0.2) is 0 Å². The van der Waals surface area contributed by atoms with Crippen LogP contribution in [0, 0.1) is 5.92 Å². The Labute approximate surface area is 105 Å². The first-order valence-electron chi connectivity index (χ1n) is 5.24. The Hall–Kier alpha value is -2.14. The van der Waals surface area contributed by atoms with E-state index in [0.717, 1.165) is 0 Å². The zero-order valence-corrected chi connectivity index (χ0v) is 10.1. The maximum absolute atomic E-state index is 11.3. The Morgan fingerprint density at radius 3 is 2.39 bits per heavy atom. The third-order valence-electron chi connectivity index (χ3n) is 2.68. The summed E-state index contributed by atoms with van der Waals surface area (Å²) in [6.07, 6.45) is 4.49. The van der Waals surface area contributed by atoms with Crippen molar-refractivity contribution in [1.29, 1.82) is 0 Å². The van der Waals surface area contributed by atoms with Gasteiger partial charge in [-0.25, -0.2) is 0 Å². The Bertz CT molecular complexity index is 658. The van der Waals surface area contributed by atoms with Crippen LogP contribution in [0.3, 0.4) is 0 Å². The SMILES string of the molecule is O=C(O)C1C(c2ccccc2)=CC=CC1=S(=O)=O. The number of benzene rings is 1. The summed E-state index contributed by atoms with van der Waals surface area (Å²) in [5.74, 6) is -2.32. The first kappa shape index (κ1) is 12.3. The average molecular weight is 262 g/mol. The van der Waals surface area contributed by atoms with Gasteiger partial charge in [-0.3, -0.25) is 4.79 Å². The monoisotopic (exact) mass is 262 g/mol. The summed E-state index contributed by atoms with van der Waals surface area (Å²) >= 11 is 0. The molecular weight excluding hydrogens is 252 g/mol. The third-order valence-corrected chi connectivity index (χ3v) is 3.44. The van der Waals surface area contributed by atoms with E-state index in [-0.39, 0.29) is 4.86 Å². The summed E-state index contributed by atoms with van der Waals surface area (Å²) in [7, 11) is -2.54. The van der Waals surface area contributed by atoms with Gasteiger partial charge >= 0.3 is 5.97 Å². The van der Waals surface area contributed by atoms with Crippen LogP contribution in [0.4, 0.5) is 0 Å². The molecule has 0 spiro atoms. The smallest absolute Gasteiger partial charge is 0.316 e. The number of carbonyl (C=O) groups is 1. The van der Waals surface area contributed by atoms with Crippen molar-refractivity contribution in [2.75, 3.05) is 0 Å². The number of hydrogen-bond donors (Lipinski definition) is 1. The van der Waals surface area contributed by atoms with Crippen LogP contribution in [0.15, 0.2) is 48.6 Å². The molecule has 92 valence electrons. The first-order valence-corrected chi connectivity index (χ1v) is 6.31. The molecule has 1 N–H and O–H groups in total. The predicted molar refractivity (Wildman–Crippen MR) is 68.6 cm³/mol. The largest absolute Gasteiger partial charge is 0.481 e. The van der Waals surface area contributed by atoms with Crippen LogP contribution in [-0.2, 0) is 15.1 Å². The van der Waals surface area contributed by atoms with Crippen molar-refractivity contribution in [3.8, 4) is 0 Å². The topological polar surface area (TPSA) is 71.4 Å². The zero-order valence-electron chi connectivity index (χ0n) is 9.28. The lowest BCUT2D eigenvalue weighted by molar-refractivity contribution is -0.137. The summed E-state index contributed by atoms with van der Waals surface area (Å²) in [4.78, 5) is 11.2. The molecule has 2 rings (SSSR count). The van der Waals surface area contributed by atoms with E-state index in [9.17, 15) is 18.3 Å². The van der Waals surface area contributed by atoms with Crippen LogP contribution in [-0.4, -0.2) is 24.4 Å². The minimum Gasteiger partial charge on any atom is -0.481 e. The number of carboxylic acid groups (broad SMARTS) is 1. The second kappa shape index (κ2) is 5.01. The molecule has 1 atom stereocenters. The van der Waals surface area contributed by atoms with Gasteiger partial charge in [0, 0.05) is 0 Å². The van der Waals surface area contributed by atoms with Crippen molar-refractivity contribution in [2.24, 2.45) is 5.92 Å². The summed E-state index contributed by atoms with van der Waals surface area (Å²) in [6, 6.07) is 8.88. The van der Waals surface area contributed by atoms with Gasteiger partial charge in [-0.15, -0.1) is 0 Å². The van der Waals surface area contributed by atoms with Gasteiger partial charge in [0.25, 0.3) is 0 Å². The van der Waals surface area contributed by atoms with Gasteiger partial charge in [0.2, 0.25) is 10.3 Å². The second-order valence-electron chi connectivity index (χ2n) is 3.76. The highest BCUT2D eigenvalue weighted by Gasteiger charge is 2.30. The fourth-order valence-corrected chi connectivity index (χ4v) is 2.50. The van der Waals surface area contributed by atoms with Gasteiger partial charge in [-0.1, -0.05) is 42.5 Å². The molecule has 0 aromatic heterocycles. The highest BCUT2D eigenvalue weighted by molar-refractivity contribution is 7.73. The van der Waals surface area contributed by atoms with E-state index < -0.39 is 22.2 Å². The summed E-state index contributed by atoms with van der Waals surface area (Å²) < 4.78 is 22.1. The molecule has 18 heavy (non-hydrogen) atoms. The summed E-state index contributed by atoms with van der Waals surface area (Å²) in [6.45, 7) is 0. The van der Waals surface area contributed by atoms with E-state index in [1.165, 1.54) is 6.08 Å². The van der Waals surface area contributed by atoms with E-state index in [0.29, 0.717) is 11.1 Å². The molecule has 1 aromatic carbocycles. The maximum atomic E-state index is 11.3. The molecule has 0 fully saturated rings. The van der Waals surface area contributed by atoms with Crippen molar-refractivity contribution in [1.82, 2.24) is 0 Å². The Morgan fingerprint density at radius 2 is 1.83 bits per heavy atom. The zero-order chi connectivity index (χ0) is 13.1. The third kappa shape index (κ3) is 2.26. The molecule has 5 heteroatoms. The van der Waals surface area contributed by atoms with E-state index in [2.05, 4.69) is 0 Å². The van der Waals surface area contributed by atoms with Gasteiger partial charge in [-0.2, -0.15) is 8.42 Å². The maximum Gasteiger partial charge on any atom is 0.316 e. The van der Waals surface area contributed by atoms with Crippen molar-refractivity contribution in [2.45, 2.75) is 0 Å². The first-order chi connectivity index (χ1) is 8.61. The van der Waals surface area contributed by atoms with E-state index >= 15 is 0 Å². The van der Waals surface area contributed by atoms with Gasteiger partial charge < -0.3 is 5.11 Å². The molecule has 0 saturated carbocycles. The molecule has 0 bridgehead atoms. The van der Waals surface area contributed by atoms with Crippen LogP contribution in [0.1, 0.15) is 5.56 Å². The number of allylic oxidation sites excluding steroid dienone is 3. The van der Waals surface area contributed by atoms with E-state index in [1.807, 2.05) is 6.07 Å². The van der Waals surface area contributed by atoms with Gasteiger partial charge in [-0.05, 0) is 17.2 Å². The molecule has 1 unspecified atom stereocenters. The molecule has 0 amide bonds. The van der Waals surface area contributed by atoms with Crippen LogP contribution < -0.4 is 0 Å². The number of carboxylic acids is 1. The summed E-state index contributed by atoms with van der Waals surface area (Å²) in [5, 5.41) is 9.22. The molecule has 1 aliphatic rings. The highest BCUT2D eigenvalue weighted by Crippen LogP contribution is 2.28. The van der Waals surface area contributed by atoms with Crippen LogP contribution in [0.5, 0.6) is 0 Å². The predicted octanol–water partition coefficient (Wildman–Crippen LogP) is 1.39. The molecule has 1 aromatic rings. The van der Waals surface area contributed by atoms with E-state index in [1.54, 1.807) is 36.4 Å². The fourth-order valence-electron chi connectivity index (χ4n) is 1.89. The number of hydrogen-bond acceptors (Lipinski definition) is 3. The lowest BCUT2D eigenvalue weighted by Gasteiger charge is -2.18. The van der Waals surface area contributed by atoms with Gasteiger partial charge in [0.05, 0.1) is 4.86 Å². The normalized spacial score (nSPS) is 18.3. The molecule has 0 saturated heterocycles. The fraction of sp³-hybridized carbons (Fsp3) is 0.0769. The Morgan fingerprint density at radius 1 is 1.17 bits per heavy atom. The van der Waals surface area contributed by atoms with Gasteiger partial charge in [0.1, 0.15) is 5.92 Å². The molecule has 0 heterocycles. The summed E-state index contributed by atoms with van der Waals surface area (Å²) in [5.41, 5.74) is 1.18. The number of aliphatic carboxylic acids is 1. The minimum atomic E-state index is -2.54. The van der Waals surface area contributed by atoms with Crippen LogP contribution in [0.2, 0.25) is 0 Å². The standard InChI is InChI=1S/C13H10O4S/c14-13(15)12-10(9-5-2-1-3-6-9)7-4-8-11(12)18(16)17/h1-8,12H,(H,14,15). The molecule has 0 radical (unpaired) electrons. The van der Waals surface area contributed by atoms with Crippen molar-refractivity contribution >= 4 is 26.7 Å². The average Bonchev–Trinajstić information content (AvgIpc) is 2.38. The number of rotatable bonds is 2. The lowest BCUT2D eigenvalue weighted by Crippen LogP contribution is -2.26. The molecule has 4 nitrogen and oxygen atoms in total. The quantitative estimate of drug-likeness (QED) is 0.818. The lowest BCUT2D eigenvalue weighted by atomic mass is 9.86. The highest BCUT2D eigenvalue weighted by atomic mass is 32.2. The minimum absolute atomic E-state index is 0.121. The molecule has 1 aliphatic carbocycles. The van der Waals surface area contributed by atoms with Crippen molar-refractivity contribution in [3.05, 3.63) is 54.1 Å². The Kier molecular flexibility index (Phi) is 3.43. The van der Waals surface area contributed by atoms with E-state index in [4.69, 9.17) is 0 Å². The molecular formula is C13H10O4S. The van der Waals surface area contributed by atoms with Crippen molar-refractivity contribution in [3.63, 3.8) is 0 Å². The second-order valence-corrected chi connectivity index (χ2v) is 4.70. The van der Waals surface area contributed by atoms with Crippen LogP contribution >= 0.6 is 0 Å². The van der Waals surface area contributed by atoms with Crippen LogP contribution in [0.25, 0.3) is 5.57 Å². The molecule has 0 aliphatic heterocycles.